The zero-order valence-corrected chi connectivity index (χ0v) is 17.2. The average Bonchev–Trinajstić information content (AvgIpc) is 3.31. The molecule has 2 aliphatic carbocycles. The molecule has 0 amide bonds. The predicted molar refractivity (Wildman–Crippen MR) is 104 cm³/mol. The third-order valence-corrected chi connectivity index (χ3v) is 7.64. The molecule has 1 spiro atoms. The quantitative estimate of drug-likeness (QED) is 0.473. The molecule has 2 aromatic rings. The van der Waals surface area contributed by atoms with Gasteiger partial charge in [-0.3, -0.25) is 0 Å². The van der Waals surface area contributed by atoms with E-state index in [-0.39, 0.29) is 11.0 Å². The minimum absolute atomic E-state index is 0.0231. The number of hydrogen-bond acceptors (Lipinski definition) is 2. The molecule has 2 aromatic carbocycles. The number of halogens is 6. The number of allylic oxidation sites excluding steroid dienone is 2. The van der Waals surface area contributed by atoms with E-state index in [0.29, 0.717) is 24.0 Å². The zero-order valence-electron chi connectivity index (χ0n) is 16.4. The van der Waals surface area contributed by atoms with E-state index in [1.165, 1.54) is 25.1 Å². The molecule has 2 aliphatic rings. The lowest BCUT2D eigenvalue weighted by Crippen LogP contribution is -2.23. The maximum atomic E-state index is 13.4. The van der Waals surface area contributed by atoms with Gasteiger partial charge < -0.3 is 0 Å². The Kier molecular flexibility index (Phi) is 4.85. The first-order chi connectivity index (χ1) is 14.2. The number of benzene rings is 2. The van der Waals surface area contributed by atoms with Gasteiger partial charge in [-0.25, -0.2) is 8.42 Å². The van der Waals surface area contributed by atoms with Crippen LogP contribution in [0, 0.1) is 12.3 Å². The van der Waals surface area contributed by atoms with Crippen LogP contribution in [0.1, 0.15) is 47.9 Å². The molecular weight excluding hydrogens is 442 g/mol. The van der Waals surface area contributed by atoms with Gasteiger partial charge in [-0.05, 0) is 84.1 Å². The second-order valence-corrected chi connectivity index (χ2v) is 10.3. The van der Waals surface area contributed by atoms with Crippen molar-refractivity contribution in [2.24, 2.45) is 5.41 Å². The lowest BCUT2D eigenvalue weighted by molar-refractivity contribution is -0.138. The normalized spacial score (nSPS) is 18.7. The highest BCUT2D eigenvalue weighted by Gasteiger charge is 2.49. The fraction of sp³-hybridized carbons (Fsp3) is 0.364. The van der Waals surface area contributed by atoms with Gasteiger partial charge in [-0.2, -0.15) is 26.3 Å². The molecule has 4 rings (SSSR count). The van der Waals surface area contributed by atoms with Gasteiger partial charge in [0, 0.05) is 0 Å². The highest BCUT2D eigenvalue weighted by atomic mass is 32.2. The molecule has 0 aromatic heterocycles. The molecule has 31 heavy (non-hydrogen) atoms. The molecule has 0 saturated heterocycles. The Balaban J connectivity index is 1.78. The fourth-order valence-corrected chi connectivity index (χ4v) is 4.95. The molecular formula is C22H18F6O2S. The van der Waals surface area contributed by atoms with Crippen LogP contribution in [0.25, 0.3) is 11.1 Å². The van der Waals surface area contributed by atoms with Crippen LogP contribution < -0.4 is 0 Å². The SMILES string of the molecule is Cc1ccc(C2=C(c3ccc(S(=O)(=O)C(F)(F)F)cc3)CC3(CC3)C2)cc1C(F)(F)F. The molecule has 2 nitrogen and oxygen atoms in total. The summed E-state index contributed by atoms with van der Waals surface area (Å²) in [7, 11) is -5.46. The number of hydrogen-bond donors (Lipinski definition) is 0. The minimum Gasteiger partial charge on any atom is -0.214 e. The Morgan fingerprint density at radius 1 is 0.806 bits per heavy atom. The van der Waals surface area contributed by atoms with Gasteiger partial charge >= 0.3 is 11.7 Å². The fourth-order valence-electron chi connectivity index (χ4n) is 4.19. The monoisotopic (exact) mass is 460 g/mol. The maximum absolute atomic E-state index is 13.4. The van der Waals surface area contributed by atoms with Crippen molar-refractivity contribution in [2.45, 2.75) is 49.2 Å². The van der Waals surface area contributed by atoms with Gasteiger partial charge in [-0.1, -0.05) is 24.3 Å². The van der Waals surface area contributed by atoms with Gasteiger partial charge in [0.15, 0.2) is 0 Å². The van der Waals surface area contributed by atoms with Crippen LogP contribution in [-0.2, 0) is 16.0 Å². The van der Waals surface area contributed by atoms with Crippen molar-refractivity contribution in [3.8, 4) is 0 Å². The summed E-state index contributed by atoms with van der Waals surface area (Å²) < 4.78 is 102. The average molecular weight is 460 g/mol. The summed E-state index contributed by atoms with van der Waals surface area (Å²) in [4.78, 5) is -0.861. The van der Waals surface area contributed by atoms with Crippen molar-refractivity contribution in [3.05, 3.63) is 64.7 Å². The Labute approximate surface area is 175 Å². The Morgan fingerprint density at radius 3 is 1.81 bits per heavy atom. The molecule has 1 fully saturated rings. The molecule has 0 radical (unpaired) electrons. The number of aryl methyl sites for hydroxylation is 1. The second-order valence-electron chi connectivity index (χ2n) is 8.31. The molecule has 0 bridgehead atoms. The van der Waals surface area contributed by atoms with Crippen LogP contribution >= 0.6 is 0 Å². The molecule has 166 valence electrons. The molecule has 0 atom stereocenters. The molecule has 0 N–H and O–H groups in total. The van der Waals surface area contributed by atoms with E-state index < -0.39 is 32.0 Å². The van der Waals surface area contributed by atoms with Crippen molar-refractivity contribution >= 4 is 21.0 Å². The van der Waals surface area contributed by atoms with Gasteiger partial charge in [0.05, 0.1) is 10.5 Å². The van der Waals surface area contributed by atoms with Crippen molar-refractivity contribution < 1.29 is 34.8 Å². The van der Waals surface area contributed by atoms with E-state index in [0.717, 1.165) is 42.2 Å². The van der Waals surface area contributed by atoms with Crippen molar-refractivity contribution in [1.29, 1.82) is 0 Å². The predicted octanol–water partition coefficient (Wildman–Crippen LogP) is 6.79. The second kappa shape index (κ2) is 6.85. The highest BCUT2D eigenvalue weighted by Crippen LogP contribution is 2.63. The molecule has 0 unspecified atom stereocenters. The Hall–Kier alpha value is -2.29. The third-order valence-electron chi connectivity index (χ3n) is 6.13. The summed E-state index contributed by atoms with van der Waals surface area (Å²) in [6, 6.07) is 8.56. The summed E-state index contributed by atoms with van der Waals surface area (Å²) >= 11 is 0. The van der Waals surface area contributed by atoms with E-state index in [9.17, 15) is 34.8 Å². The van der Waals surface area contributed by atoms with E-state index in [1.807, 2.05) is 0 Å². The standard InChI is InChI=1S/C22H18F6O2S/c1-13-2-3-15(10-19(13)21(23,24)25)18-12-20(8-9-20)11-17(18)14-4-6-16(7-5-14)31(29,30)22(26,27)28/h2-7,10H,8-9,11-12H2,1H3. The largest absolute Gasteiger partial charge is 0.501 e. The lowest BCUT2D eigenvalue weighted by atomic mass is 9.94. The van der Waals surface area contributed by atoms with E-state index in [1.54, 1.807) is 6.07 Å². The summed E-state index contributed by atoms with van der Waals surface area (Å²) in [5.41, 5.74) is -3.60. The topological polar surface area (TPSA) is 34.1 Å². The van der Waals surface area contributed by atoms with E-state index in [2.05, 4.69) is 0 Å². The minimum atomic E-state index is -5.46. The van der Waals surface area contributed by atoms with Crippen LogP contribution in [0.2, 0.25) is 0 Å². The molecule has 9 heteroatoms. The lowest BCUT2D eigenvalue weighted by Gasteiger charge is -2.14. The summed E-state index contributed by atoms with van der Waals surface area (Å²) in [6.07, 6.45) is -1.45. The van der Waals surface area contributed by atoms with Crippen molar-refractivity contribution in [2.75, 3.05) is 0 Å². The van der Waals surface area contributed by atoms with Gasteiger partial charge in [0.25, 0.3) is 9.84 Å². The first-order valence-electron chi connectivity index (χ1n) is 9.56. The van der Waals surface area contributed by atoms with Crippen molar-refractivity contribution in [1.82, 2.24) is 0 Å². The molecule has 1 saturated carbocycles. The molecule has 0 aliphatic heterocycles. The van der Waals surface area contributed by atoms with Crippen LogP contribution in [0.4, 0.5) is 26.3 Å². The Bertz CT molecular complexity index is 1170. The summed E-state index contributed by atoms with van der Waals surface area (Å²) in [6.45, 7) is 1.39. The number of alkyl halides is 6. The highest BCUT2D eigenvalue weighted by molar-refractivity contribution is 7.92. The van der Waals surface area contributed by atoms with Crippen molar-refractivity contribution in [3.63, 3.8) is 0 Å². The smallest absolute Gasteiger partial charge is 0.214 e. The van der Waals surface area contributed by atoms with E-state index in [4.69, 9.17) is 0 Å². The summed E-state index contributed by atoms with van der Waals surface area (Å²) in [5, 5.41) is 0. The first-order valence-corrected chi connectivity index (χ1v) is 11.0. The first kappa shape index (κ1) is 21.9. The van der Waals surface area contributed by atoms with Crippen LogP contribution in [-0.4, -0.2) is 13.9 Å². The third kappa shape index (κ3) is 3.88. The summed E-state index contributed by atoms with van der Waals surface area (Å²) in [5.74, 6) is 0. The zero-order chi connectivity index (χ0) is 22.8. The number of rotatable bonds is 3. The van der Waals surface area contributed by atoms with Crippen LogP contribution in [0.15, 0.2) is 47.4 Å². The Morgan fingerprint density at radius 2 is 1.32 bits per heavy atom. The van der Waals surface area contributed by atoms with Gasteiger partial charge in [0.2, 0.25) is 0 Å². The number of sulfone groups is 1. The van der Waals surface area contributed by atoms with Gasteiger partial charge in [-0.15, -0.1) is 0 Å². The maximum Gasteiger partial charge on any atom is 0.501 e. The van der Waals surface area contributed by atoms with Crippen LogP contribution in [0.3, 0.4) is 0 Å². The molecule has 0 heterocycles. The van der Waals surface area contributed by atoms with Gasteiger partial charge in [0.1, 0.15) is 0 Å². The van der Waals surface area contributed by atoms with Crippen LogP contribution in [0.5, 0.6) is 0 Å². The van der Waals surface area contributed by atoms with E-state index >= 15 is 0 Å².